The van der Waals surface area contributed by atoms with Crippen LogP contribution in [0.3, 0.4) is 0 Å². The molecule has 2 amide bonds. The first-order valence-electron chi connectivity index (χ1n) is 8.70. The Morgan fingerprint density at radius 1 is 1.08 bits per heavy atom. The fraction of sp³-hybridized carbons (Fsp3) is 0.300. The number of hydrogen-bond donors (Lipinski definition) is 1. The number of hydrogen-bond acceptors (Lipinski definition) is 4. The van der Waals surface area contributed by atoms with E-state index in [1.54, 1.807) is 28.8 Å². The Kier molecular flexibility index (Phi) is 4.84. The summed E-state index contributed by atoms with van der Waals surface area (Å²) in [6.07, 6.45) is 0.731. The summed E-state index contributed by atoms with van der Waals surface area (Å²) in [6.45, 7) is 0.577. The second-order valence-electron chi connectivity index (χ2n) is 6.39. The Morgan fingerprint density at radius 3 is 2.69 bits per heavy atom. The van der Waals surface area contributed by atoms with Gasteiger partial charge in [-0.25, -0.2) is 0 Å². The minimum atomic E-state index is -0.442. The monoisotopic (exact) mass is 368 g/mol. The van der Waals surface area contributed by atoms with E-state index in [1.807, 2.05) is 42.5 Å². The molecule has 0 bridgehead atoms. The third-order valence-corrected chi connectivity index (χ3v) is 5.75. The highest BCUT2D eigenvalue weighted by atomic mass is 32.2. The minimum absolute atomic E-state index is 0.0771. The fourth-order valence-electron chi connectivity index (χ4n) is 3.37. The largest absolute Gasteiger partial charge is 0.493 e. The van der Waals surface area contributed by atoms with Gasteiger partial charge in [-0.2, -0.15) is 0 Å². The first-order valence-corrected chi connectivity index (χ1v) is 9.85. The second-order valence-corrected chi connectivity index (χ2v) is 7.39. The maximum absolute atomic E-state index is 12.9. The van der Waals surface area contributed by atoms with Crippen molar-refractivity contribution >= 4 is 23.6 Å². The number of amides is 2. The Hall–Kier alpha value is -2.47. The zero-order valence-electron chi connectivity index (χ0n) is 14.3. The van der Waals surface area contributed by atoms with Gasteiger partial charge in [0.2, 0.25) is 5.91 Å². The van der Waals surface area contributed by atoms with Gasteiger partial charge in [-0.1, -0.05) is 36.4 Å². The summed E-state index contributed by atoms with van der Waals surface area (Å²) in [7, 11) is 0. The quantitative estimate of drug-likeness (QED) is 0.905. The van der Waals surface area contributed by atoms with Gasteiger partial charge in [0.05, 0.1) is 18.5 Å². The van der Waals surface area contributed by atoms with E-state index in [9.17, 15) is 9.59 Å². The van der Waals surface area contributed by atoms with Crippen molar-refractivity contribution in [3.05, 3.63) is 65.7 Å². The molecule has 0 radical (unpaired) electrons. The van der Waals surface area contributed by atoms with E-state index >= 15 is 0 Å². The number of thioether (sulfide) groups is 1. The minimum Gasteiger partial charge on any atom is -0.493 e. The van der Waals surface area contributed by atoms with Crippen molar-refractivity contribution in [2.24, 2.45) is 0 Å². The van der Waals surface area contributed by atoms with Crippen LogP contribution in [-0.2, 0) is 4.79 Å². The topological polar surface area (TPSA) is 58.6 Å². The van der Waals surface area contributed by atoms with Crippen molar-refractivity contribution in [1.82, 2.24) is 10.2 Å². The molecule has 1 fully saturated rings. The van der Waals surface area contributed by atoms with Crippen LogP contribution in [0, 0.1) is 0 Å². The first kappa shape index (κ1) is 17.0. The number of fused-ring (bicyclic) bond motifs is 1. The van der Waals surface area contributed by atoms with Crippen LogP contribution < -0.4 is 10.1 Å². The zero-order chi connectivity index (χ0) is 17.9. The SMILES string of the molecule is O=C(N[C@H]1CCOc2ccccc21)[C@H]1CSCN1C(=O)c1ccccc1. The summed E-state index contributed by atoms with van der Waals surface area (Å²) in [4.78, 5) is 27.3. The molecule has 2 atom stereocenters. The number of para-hydroxylation sites is 1. The van der Waals surface area contributed by atoms with Gasteiger partial charge in [0.1, 0.15) is 11.8 Å². The average Bonchev–Trinajstić information content (AvgIpc) is 3.18. The molecular formula is C20H20N2O3S. The fourth-order valence-corrected chi connectivity index (χ4v) is 4.52. The van der Waals surface area contributed by atoms with Crippen molar-refractivity contribution in [3.8, 4) is 5.75 Å². The normalized spacial score (nSPS) is 21.6. The molecule has 5 nitrogen and oxygen atoms in total. The van der Waals surface area contributed by atoms with Gasteiger partial charge in [0.15, 0.2) is 0 Å². The van der Waals surface area contributed by atoms with E-state index in [2.05, 4.69) is 5.32 Å². The lowest BCUT2D eigenvalue weighted by molar-refractivity contribution is -0.125. The molecule has 1 N–H and O–H groups in total. The third-order valence-electron chi connectivity index (χ3n) is 4.74. The summed E-state index contributed by atoms with van der Waals surface area (Å²) >= 11 is 1.61. The lowest BCUT2D eigenvalue weighted by Crippen LogP contribution is -2.48. The van der Waals surface area contributed by atoms with Gasteiger partial charge >= 0.3 is 0 Å². The molecule has 1 saturated heterocycles. The number of carbonyl (C=O) groups is 2. The summed E-state index contributed by atoms with van der Waals surface area (Å²) in [6, 6.07) is 16.4. The Morgan fingerprint density at radius 2 is 1.85 bits per heavy atom. The summed E-state index contributed by atoms with van der Waals surface area (Å²) in [5.41, 5.74) is 1.61. The van der Waals surface area contributed by atoms with E-state index in [4.69, 9.17) is 4.74 Å². The van der Waals surface area contributed by atoms with Crippen molar-refractivity contribution in [3.63, 3.8) is 0 Å². The van der Waals surface area contributed by atoms with Crippen molar-refractivity contribution in [1.29, 1.82) is 0 Å². The molecule has 0 saturated carbocycles. The zero-order valence-corrected chi connectivity index (χ0v) is 15.1. The van der Waals surface area contributed by atoms with Crippen LogP contribution in [0.4, 0.5) is 0 Å². The van der Waals surface area contributed by atoms with Crippen molar-refractivity contribution in [2.45, 2.75) is 18.5 Å². The molecular weight excluding hydrogens is 348 g/mol. The van der Waals surface area contributed by atoms with Gasteiger partial charge in [0.25, 0.3) is 5.91 Å². The molecule has 2 aliphatic rings. The number of ether oxygens (including phenoxy) is 1. The molecule has 2 aliphatic heterocycles. The number of benzene rings is 2. The van der Waals surface area contributed by atoms with E-state index in [-0.39, 0.29) is 17.9 Å². The summed E-state index contributed by atoms with van der Waals surface area (Å²) in [5.74, 6) is 1.79. The lowest BCUT2D eigenvalue weighted by Gasteiger charge is -2.29. The highest BCUT2D eigenvalue weighted by molar-refractivity contribution is 7.99. The molecule has 0 aromatic heterocycles. The molecule has 26 heavy (non-hydrogen) atoms. The van der Waals surface area contributed by atoms with Crippen LogP contribution in [0.15, 0.2) is 54.6 Å². The molecule has 2 aromatic rings. The predicted molar refractivity (Wildman–Crippen MR) is 101 cm³/mol. The number of nitrogens with zero attached hydrogens (tertiary/aromatic N) is 1. The van der Waals surface area contributed by atoms with Crippen LogP contribution in [0.5, 0.6) is 5.75 Å². The molecule has 2 heterocycles. The summed E-state index contributed by atoms with van der Waals surface area (Å²) in [5, 5.41) is 3.13. The second kappa shape index (κ2) is 7.41. The number of carbonyl (C=O) groups excluding carboxylic acids is 2. The maximum Gasteiger partial charge on any atom is 0.255 e. The lowest BCUT2D eigenvalue weighted by atomic mass is 10.00. The van der Waals surface area contributed by atoms with Crippen LogP contribution in [0.2, 0.25) is 0 Å². The molecule has 0 unspecified atom stereocenters. The third kappa shape index (κ3) is 3.29. The molecule has 0 aliphatic carbocycles. The molecule has 2 aromatic carbocycles. The van der Waals surface area contributed by atoms with Crippen molar-refractivity contribution < 1.29 is 14.3 Å². The molecule has 6 heteroatoms. The van der Waals surface area contributed by atoms with E-state index in [0.717, 1.165) is 17.7 Å². The molecule has 4 rings (SSSR count). The Labute approximate surface area is 156 Å². The highest BCUT2D eigenvalue weighted by Gasteiger charge is 2.36. The number of nitrogens with one attached hydrogen (secondary N) is 1. The highest BCUT2D eigenvalue weighted by Crippen LogP contribution is 2.32. The smallest absolute Gasteiger partial charge is 0.255 e. The van der Waals surface area contributed by atoms with Crippen LogP contribution >= 0.6 is 11.8 Å². The standard InChI is InChI=1S/C20H20N2O3S/c23-19(21-16-10-11-25-18-9-5-4-8-15(16)18)17-12-26-13-22(17)20(24)14-6-2-1-3-7-14/h1-9,16-17H,10-13H2,(H,21,23)/t16-,17+/m0/s1. The van der Waals surface area contributed by atoms with Crippen LogP contribution in [0.25, 0.3) is 0 Å². The summed E-state index contributed by atoms with van der Waals surface area (Å²) < 4.78 is 5.66. The van der Waals surface area contributed by atoms with Gasteiger partial charge < -0.3 is 15.0 Å². The van der Waals surface area contributed by atoms with E-state index < -0.39 is 6.04 Å². The predicted octanol–water partition coefficient (Wildman–Crippen LogP) is 2.84. The maximum atomic E-state index is 12.9. The average molecular weight is 368 g/mol. The Bertz CT molecular complexity index is 812. The van der Waals surface area contributed by atoms with E-state index in [1.165, 1.54) is 0 Å². The van der Waals surface area contributed by atoms with Gasteiger partial charge in [-0.3, -0.25) is 9.59 Å². The van der Waals surface area contributed by atoms with Gasteiger partial charge in [-0.15, -0.1) is 11.8 Å². The van der Waals surface area contributed by atoms with Crippen LogP contribution in [0.1, 0.15) is 28.4 Å². The first-order chi connectivity index (χ1) is 12.7. The van der Waals surface area contributed by atoms with Crippen LogP contribution in [-0.4, -0.2) is 41.0 Å². The van der Waals surface area contributed by atoms with E-state index in [0.29, 0.717) is 23.8 Å². The van der Waals surface area contributed by atoms with Crippen molar-refractivity contribution in [2.75, 3.05) is 18.2 Å². The molecule has 0 spiro atoms. The molecule has 134 valence electrons. The van der Waals surface area contributed by atoms with Gasteiger partial charge in [-0.05, 0) is 18.2 Å². The van der Waals surface area contributed by atoms with Gasteiger partial charge in [0, 0.05) is 23.3 Å². The Balaban J connectivity index is 1.49. The number of rotatable bonds is 3.